The first-order chi connectivity index (χ1) is 11.5. The molecule has 0 heterocycles. The summed E-state index contributed by atoms with van der Waals surface area (Å²) in [5, 5.41) is 3.29. The molecule has 0 radical (unpaired) electrons. The zero-order valence-electron chi connectivity index (χ0n) is 12.7. The van der Waals surface area contributed by atoms with E-state index >= 15 is 0 Å². The van der Waals surface area contributed by atoms with Crippen LogP contribution < -0.4 is 5.32 Å². The van der Waals surface area contributed by atoms with Gasteiger partial charge in [-0.05, 0) is 29.3 Å². The van der Waals surface area contributed by atoms with Crippen molar-refractivity contribution in [3.05, 3.63) is 75.8 Å². The number of rotatable bonds is 6. The summed E-state index contributed by atoms with van der Waals surface area (Å²) in [5.41, 5.74) is 1.61. The molecule has 0 aliphatic rings. The molecule has 0 aliphatic heterocycles. The predicted molar refractivity (Wildman–Crippen MR) is 94.7 cm³/mol. The van der Waals surface area contributed by atoms with Crippen molar-refractivity contribution in [1.29, 1.82) is 0 Å². The molecule has 0 spiro atoms. The van der Waals surface area contributed by atoms with Gasteiger partial charge in [-0.3, -0.25) is 9.59 Å². The molecule has 2 aromatic carbocycles. The maximum absolute atomic E-state index is 11.6. The van der Waals surface area contributed by atoms with Crippen LogP contribution in [0, 0.1) is 0 Å². The molecule has 0 atom stereocenters. The van der Waals surface area contributed by atoms with Crippen LogP contribution in [0.25, 0.3) is 6.08 Å². The zero-order chi connectivity index (χ0) is 17.4. The third-order valence-electron chi connectivity index (χ3n) is 3.02. The highest BCUT2D eigenvalue weighted by Gasteiger charge is 2.06. The van der Waals surface area contributed by atoms with E-state index < -0.39 is 5.97 Å². The van der Waals surface area contributed by atoms with Crippen molar-refractivity contribution in [2.75, 3.05) is 6.54 Å². The molecule has 6 heteroatoms. The van der Waals surface area contributed by atoms with Crippen LogP contribution in [0.1, 0.15) is 11.1 Å². The number of hydrogen-bond acceptors (Lipinski definition) is 3. The molecule has 0 saturated carbocycles. The Kier molecular flexibility index (Phi) is 6.85. The molecular weight excluding hydrogens is 349 g/mol. The molecule has 2 aromatic rings. The number of nitrogens with one attached hydrogen (secondary N) is 1. The fourth-order valence-electron chi connectivity index (χ4n) is 1.80. The normalized spacial score (nSPS) is 10.6. The minimum Gasteiger partial charge on any atom is -0.460 e. The van der Waals surface area contributed by atoms with Gasteiger partial charge in [0.25, 0.3) is 0 Å². The van der Waals surface area contributed by atoms with Gasteiger partial charge in [0.05, 0.1) is 10.0 Å². The lowest BCUT2D eigenvalue weighted by molar-refractivity contribution is -0.144. The lowest BCUT2D eigenvalue weighted by Crippen LogP contribution is -2.29. The summed E-state index contributed by atoms with van der Waals surface area (Å²) in [6.45, 7) is -0.148. The number of carbonyl (C=O) groups is 2. The highest BCUT2D eigenvalue weighted by atomic mass is 35.5. The molecule has 0 aliphatic carbocycles. The monoisotopic (exact) mass is 363 g/mol. The predicted octanol–water partition coefficient (Wildman–Crippen LogP) is 3.87. The number of amides is 1. The maximum Gasteiger partial charge on any atom is 0.325 e. The third kappa shape index (κ3) is 6.07. The first-order valence-corrected chi connectivity index (χ1v) is 7.91. The summed E-state index contributed by atoms with van der Waals surface area (Å²) < 4.78 is 5.06. The summed E-state index contributed by atoms with van der Waals surface area (Å²) in [6.07, 6.45) is 3.03. The van der Waals surface area contributed by atoms with Gasteiger partial charge in [-0.25, -0.2) is 0 Å². The molecule has 0 aromatic heterocycles. The molecule has 124 valence electrons. The Morgan fingerprint density at radius 1 is 1.04 bits per heavy atom. The quantitative estimate of drug-likeness (QED) is 0.626. The Morgan fingerprint density at radius 2 is 1.79 bits per heavy atom. The minimum atomic E-state index is -0.539. The molecule has 1 amide bonds. The van der Waals surface area contributed by atoms with Crippen molar-refractivity contribution >= 4 is 41.2 Å². The second-order valence-electron chi connectivity index (χ2n) is 4.87. The van der Waals surface area contributed by atoms with Crippen LogP contribution in [0.5, 0.6) is 0 Å². The zero-order valence-corrected chi connectivity index (χ0v) is 14.2. The Bertz CT molecular complexity index is 745. The van der Waals surface area contributed by atoms with Gasteiger partial charge < -0.3 is 10.1 Å². The SMILES string of the molecule is O=C(/C=C/c1ccccc1)NCC(=O)OCc1ccc(Cl)c(Cl)c1. The molecular formula is C18H15Cl2NO3. The average molecular weight is 364 g/mol. The first-order valence-electron chi connectivity index (χ1n) is 7.15. The summed E-state index contributed by atoms with van der Waals surface area (Å²) >= 11 is 11.7. The average Bonchev–Trinajstić information content (AvgIpc) is 2.60. The molecule has 0 fully saturated rings. The fourth-order valence-corrected chi connectivity index (χ4v) is 2.12. The lowest BCUT2D eigenvalue weighted by atomic mass is 10.2. The van der Waals surface area contributed by atoms with Gasteiger partial charge >= 0.3 is 5.97 Å². The van der Waals surface area contributed by atoms with Crippen molar-refractivity contribution in [3.8, 4) is 0 Å². The van der Waals surface area contributed by atoms with E-state index in [2.05, 4.69) is 5.32 Å². The van der Waals surface area contributed by atoms with Crippen LogP contribution >= 0.6 is 23.2 Å². The van der Waals surface area contributed by atoms with Crippen LogP contribution in [0.4, 0.5) is 0 Å². The Morgan fingerprint density at radius 3 is 2.50 bits per heavy atom. The smallest absolute Gasteiger partial charge is 0.325 e. The van der Waals surface area contributed by atoms with E-state index in [0.29, 0.717) is 15.6 Å². The summed E-state index contributed by atoms with van der Waals surface area (Å²) in [6, 6.07) is 14.3. The van der Waals surface area contributed by atoms with Gasteiger partial charge in [-0.15, -0.1) is 0 Å². The Labute approximate surface area is 150 Å². The van der Waals surface area contributed by atoms with Gasteiger partial charge in [-0.2, -0.15) is 0 Å². The van der Waals surface area contributed by atoms with E-state index in [1.165, 1.54) is 6.08 Å². The van der Waals surface area contributed by atoms with Gasteiger partial charge in [-0.1, -0.05) is 59.6 Å². The summed E-state index contributed by atoms with van der Waals surface area (Å²) in [5.74, 6) is -0.909. The van der Waals surface area contributed by atoms with Crippen molar-refractivity contribution in [1.82, 2.24) is 5.32 Å². The summed E-state index contributed by atoms with van der Waals surface area (Å²) in [4.78, 5) is 23.3. The molecule has 2 rings (SSSR count). The van der Waals surface area contributed by atoms with Crippen LogP contribution in [-0.4, -0.2) is 18.4 Å². The molecule has 0 saturated heterocycles. The molecule has 0 bridgehead atoms. The van der Waals surface area contributed by atoms with E-state index in [1.807, 2.05) is 30.3 Å². The highest BCUT2D eigenvalue weighted by molar-refractivity contribution is 6.42. The van der Waals surface area contributed by atoms with Crippen molar-refractivity contribution < 1.29 is 14.3 Å². The van der Waals surface area contributed by atoms with E-state index in [-0.39, 0.29) is 19.1 Å². The van der Waals surface area contributed by atoms with E-state index in [0.717, 1.165) is 5.56 Å². The molecule has 4 nitrogen and oxygen atoms in total. The lowest BCUT2D eigenvalue weighted by Gasteiger charge is -2.06. The second kappa shape index (κ2) is 9.11. The summed E-state index contributed by atoms with van der Waals surface area (Å²) in [7, 11) is 0. The third-order valence-corrected chi connectivity index (χ3v) is 3.76. The standard InChI is InChI=1S/C18H15Cl2NO3/c19-15-8-6-14(10-16(15)20)12-24-18(23)11-21-17(22)9-7-13-4-2-1-3-5-13/h1-10H,11-12H2,(H,21,22)/b9-7+. The van der Waals surface area contributed by atoms with Crippen LogP contribution in [0.3, 0.4) is 0 Å². The Hall–Kier alpha value is -2.30. The minimum absolute atomic E-state index is 0.0610. The van der Waals surface area contributed by atoms with Crippen molar-refractivity contribution in [2.24, 2.45) is 0 Å². The largest absolute Gasteiger partial charge is 0.460 e. The fraction of sp³-hybridized carbons (Fsp3) is 0.111. The number of benzene rings is 2. The second-order valence-corrected chi connectivity index (χ2v) is 5.69. The van der Waals surface area contributed by atoms with Gasteiger partial charge in [0.2, 0.25) is 5.91 Å². The number of ether oxygens (including phenoxy) is 1. The highest BCUT2D eigenvalue weighted by Crippen LogP contribution is 2.22. The Balaban J connectivity index is 1.73. The molecule has 0 unspecified atom stereocenters. The van der Waals surface area contributed by atoms with Crippen LogP contribution in [0.15, 0.2) is 54.6 Å². The first kappa shape index (κ1) is 18.0. The van der Waals surface area contributed by atoms with E-state index in [1.54, 1.807) is 24.3 Å². The van der Waals surface area contributed by atoms with Gasteiger partial charge in [0, 0.05) is 6.08 Å². The van der Waals surface area contributed by atoms with Crippen LogP contribution in [0.2, 0.25) is 10.0 Å². The topological polar surface area (TPSA) is 55.4 Å². The van der Waals surface area contributed by atoms with Crippen molar-refractivity contribution in [2.45, 2.75) is 6.61 Å². The maximum atomic E-state index is 11.6. The number of hydrogen-bond donors (Lipinski definition) is 1. The van der Waals surface area contributed by atoms with Gasteiger partial charge in [0.15, 0.2) is 0 Å². The van der Waals surface area contributed by atoms with Crippen molar-refractivity contribution in [3.63, 3.8) is 0 Å². The number of carbonyl (C=O) groups excluding carboxylic acids is 2. The van der Waals surface area contributed by atoms with E-state index in [4.69, 9.17) is 27.9 Å². The number of halogens is 2. The molecule has 1 N–H and O–H groups in total. The van der Waals surface area contributed by atoms with Gasteiger partial charge in [0.1, 0.15) is 13.2 Å². The van der Waals surface area contributed by atoms with E-state index in [9.17, 15) is 9.59 Å². The molecule has 24 heavy (non-hydrogen) atoms. The number of esters is 1. The van der Waals surface area contributed by atoms with Crippen LogP contribution in [-0.2, 0) is 20.9 Å².